The second-order valence-electron chi connectivity index (χ2n) is 3.32. The molecule has 0 atom stereocenters. The quantitative estimate of drug-likeness (QED) is 0.695. The monoisotopic (exact) mass is 200 g/mol. The van der Waals surface area contributed by atoms with Crippen molar-refractivity contribution in [2.45, 2.75) is 26.7 Å². The predicted molar refractivity (Wildman–Crippen MR) is 55.2 cm³/mol. The molecule has 0 aliphatic carbocycles. The molecule has 13 heavy (non-hydrogen) atoms. The molecule has 0 nitrogen and oxygen atoms in total. The molecule has 72 valence electrons. The van der Waals surface area contributed by atoms with Gasteiger partial charge in [-0.3, -0.25) is 4.39 Å². The summed E-state index contributed by atoms with van der Waals surface area (Å²) in [6, 6.07) is 4.00. The highest BCUT2D eigenvalue weighted by atomic mass is 35.5. The van der Waals surface area contributed by atoms with E-state index in [9.17, 15) is 4.39 Å². The van der Waals surface area contributed by atoms with E-state index in [0.29, 0.717) is 6.42 Å². The van der Waals surface area contributed by atoms with Crippen LogP contribution in [0, 0.1) is 13.8 Å². The molecule has 1 aromatic rings. The summed E-state index contributed by atoms with van der Waals surface area (Å²) in [5.74, 6) is 0. The largest absolute Gasteiger partial charge is 0.251 e. The van der Waals surface area contributed by atoms with Gasteiger partial charge < -0.3 is 0 Å². The maximum absolute atomic E-state index is 11.9. The van der Waals surface area contributed by atoms with E-state index >= 15 is 0 Å². The van der Waals surface area contributed by atoms with Crippen molar-refractivity contribution in [1.29, 1.82) is 0 Å². The van der Waals surface area contributed by atoms with Gasteiger partial charge in [0.05, 0.1) is 6.67 Å². The number of alkyl halides is 1. The second kappa shape index (κ2) is 4.61. The number of aryl methyl sites for hydroxylation is 3. The van der Waals surface area contributed by atoms with E-state index in [1.54, 1.807) is 0 Å². The molecule has 0 heterocycles. The van der Waals surface area contributed by atoms with Crippen molar-refractivity contribution in [1.82, 2.24) is 0 Å². The molecule has 0 saturated carbocycles. The Kier molecular flexibility index (Phi) is 3.73. The van der Waals surface area contributed by atoms with Crippen LogP contribution >= 0.6 is 11.6 Å². The van der Waals surface area contributed by atoms with Gasteiger partial charge in [-0.25, -0.2) is 0 Å². The summed E-state index contributed by atoms with van der Waals surface area (Å²) in [7, 11) is 0. The average molecular weight is 201 g/mol. The molecule has 0 aromatic heterocycles. The van der Waals surface area contributed by atoms with Crippen molar-refractivity contribution in [3.63, 3.8) is 0 Å². The summed E-state index contributed by atoms with van der Waals surface area (Å²) in [5, 5.41) is 0.761. The van der Waals surface area contributed by atoms with E-state index in [1.165, 1.54) is 11.1 Å². The molecule has 0 unspecified atom stereocenters. The Morgan fingerprint density at radius 1 is 1.23 bits per heavy atom. The van der Waals surface area contributed by atoms with Crippen LogP contribution in [0.1, 0.15) is 23.1 Å². The van der Waals surface area contributed by atoms with Gasteiger partial charge in [-0.1, -0.05) is 17.7 Å². The molecule has 0 radical (unpaired) electrons. The molecule has 0 N–H and O–H groups in total. The van der Waals surface area contributed by atoms with Crippen molar-refractivity contribution >= 4 is 11.6 Å². The Bertz CT molecular complexity index is 294. The number of halogens is 2. The van der Waals surface area contributed by atoms with Crippen LogP contribution in [0.5, 0.6) is 0 Å². The van der Waals surface area contributed by atoms with Gasteiger partial charge in [0, 0.05) is 5.02 Å². The molecule has 0 saturated heterocycles. The maximum atomic E-state index is 11.9. The average Bonchev–Trinajstić information content (AvgIpc) is 2.09. The Morgan fingerprint density at radius 2 is 1.85 bits per heavy atom. The zero-order valence-electron chi connectivity index (χ0n) is 8.03. The van der Waals surface area contributed by atoms with Gasteiger partial charge in [0.2, 0.25) is 0 Å². The molecule has 0 bridgehead atoms. The zero-order valence-corrected chi connectivity index (χ0v) is 8.79. The van der Waals surface area contributed by atoms with Crippen LogP contribution in [-0.4, -0.2) is 6.67 Å². The molecule has 0 aliphatic rings. The van der Waals surface area contributed by atoms with Gasteiger partial charge >= 0.3 is 0 Å². The molecule has 1 aromatic carbocycles. The first-order valence-electron chi connectivity index (χ1n) is 4.46. The first-order valence-corrected chi connectivity index (χ1v) is 4.84. The molecule has 0 amide bonds. The normalized spacial score (nSPS) is 10.5. The molecule has 1 rings (SSSR count). The fraction of sp³-hybridized carbons (Fsp3) is 0.455. The second-order valence-corrected chi connectivity index (χ2v) is 3.73. The van der Waals surface area contributed by atoms with Crippen LogP contribution in [0.2, 0.25) is 5.02 Å². The van der Waals surface area contributed by atoms with Crippen molar-refractivity contribution < 1.29 is 4.39 Å². The van der Waals surface area contributed by atoms with Crippen molar-refractivity contribution in [3.05, 3.63) is 33.8 Å². The highest BCUT2D eigenvalue weighted by Gasteiger charge is 2.02. The third-order valence-corrected chi connectivity index (χ3v) is 2.59. The molecule has 0 aliphatic heterocycles. The third-order valence-electron chi connectivity index (χ3n) is 2.24. The van der Waals surface area contributed by atoms with E-state index in [0.717, 1.165) is 17.0 Å². The van der Waals surface area contributed by atoms with Gasteiger partial charge in [0.25, 0.3) is 0 Å². The Hall–Kier alpha value is -0.560. The number of benzene rings is 1. The van der Waals surface area contributed by atoms with Gasteiger partial charge in [-0.05, 0) is 49.4 Å². The first kappa shape index (κ1) is 10.5. The summed E-state index contributed by atoms with van der Waals surface area (Å²) < 4.78 is 11.9. The highest BCUT2D eigenvalue weighted by molar-refractivity contribution is 6.31. The van der Waals surface area contributed by atoms with E-state index in [1.807, 2.05) is 26.0 Å². The zero-order chi connectivity index (χ0) is 9.84. The highest BCUT2D eigenvalue weighted by Crippen LogP contribution is 2.21. The van der Waals surface area contributed by atoms with Crippen molar-refractivity contribution in [2.24, 2.45) is 0 Å². The van der Waals surface area contributed by atoms with Crippen LogP contribution in [0.4, 0.5) is 4.39 Å². The molecule has 0 spiro atoms. The summed E-state index contributed by atoms with van der Waals surface area (Å²) in [6.45, 7) is 3.80. The topological polar surface area (TPSA) is 0 Å². The SMILES string of the molecule is Cc1cc(Cl)c(CCCF)cc1C. The van der Waals surface area contributed by atoms with Gasteiger partial charge in [0.1, 0.15) is 0 Å². The molecular weight excluding hydrogens is 187 g/mol. The minimum atomic E-state index is -0.275. The lowest BCUT2D eigenvalue weighted by Crippen LogP contribution is -1.91. The Labute approximate surface area is 83.7 Å². The van der Waals surface area contributed by atoms with Crippen LogP contribution in [-0.2, 0) is 6.42 Å². The van der Waals surface area contributed by atoms with Crippen LogP contribution in [0.25, 0.3) is 0 Å². The van der Waals surface area contributed by atoms with Crippen molar-refractivity contribution in [2.75, 3.05) is 6.67 Å². The smallest absolute Gasteiger partial charge is 0.0897 e. The number of rotatable bonds is 3. The summed E-state index contributed by atoms with van der Waals surface area (Å²) in [4.78, 5) is 0. The first-order chi connectivity index (χ1) is 6.15. The van der Waals surface area contributed by atoms with Gasteiger partial charge in [-0.2, -0.15) is 0 Å². The van der Waals surface area contributed by atoms with E-state index in [-0.39, 0.29) is 6.67 Å². The maximum Gasteiger partial charge on any atom is 0.0897 e. The molecular formula is C11H14ClF. The summed E-state index contributed by atoms with van der Waals surface area (Å²) in [6.07, 6.45) is 1.29. The number of hydrogen-bond acceptors (Lipinski definition) is 0. The Balaban J connectivity index is 2.88. The van der Waals surface area contributed by atoms with Crippen LogP contribution in [0.3, 0.4) is 0 Å². The Morgan fingerprint density at radius 3 is 2.46 bits per heavy atom. The summed E-state index contributed by atoms with van der Waals surface area (Å²) >= 11 is 6.01. The lowest BCUT2D eigenvalue weighted by Gasteiger charge is -2.06. The van der Waals surface area contributed by atoms with Gasteiger partial charge in [0.15, 0.2) is 0 Å². The van der Waals surface area contributed by atoms with Gasteiger partial charge in [-0.15, -0.1) is 0 Å². The van der Waals surface area contributed by atoms with E-state index < -0.39 is 0 Å². The standard InChI is InChI=1S/C11H14ClF/c1-8-6-10(4-3-5-13)11(12)7-9(8)2/h6-7H,3-5H2,1-2H3. The third kappa shape index (κ3) is 2.70. The fourth-order valence-electron chi connectivity index (χ4n) is 1.29. The van der Waals surface area contributed by atoms with E-state index in [4.69, 9.17) is 11.6 Å². The van der Waals surface area contributed by atoms with Crippen LogP contribution in [0.15, 0.2) is 12.1 Å². The lowest BCUT2D eigenvalue weighted by atomic mass is 10.0. The predicted octanol–water partition coefficient (Wildman–Crippen LogP) is 3.86. The summed E-state index contributed by atoms with van der Waals surface area (Å²) in [5.41, 5.74) is 3.47. The fourth-order valence-corrected chi connectivity index (χ4v) is 1.60. The lowest BCUT2D eigenvalue weighted by molar-refractivity contribution is 0.473. The molecule has 2 heteroatoms. The minimum absolute atomic E-state index is 0.275. The van der Waals surface area contributed by atoms with Crippen molar-refractivity contribution in [3.8, 4) is 0 Å². The minimum Gasteiger partial charge on any atom is -0.251 e. The molecule has 0 fully saturated rings. The number of hydrogen-bond donors (Lipinski definition) is 0. The van der Waals surface area contributed by atoms with E-state index in [2.05, 4.69) is 0 Å². The van der Waals surface area contributed by atoms with Crippen LogP contribution < -0.4 is 0 Å².